The Morgan fingerprint density at radius 1 is 1.09 bits per heavy atom. The first kappa shape index (κ1) is 23.3. The van der Waals surface area contributed by atoms with Gasteiger partial charge in [-0.3, -0.25) is 14.7 Å². The highest BCUT2D eigenvalue weighted by Crippen LogP contribution is 2.27. The number of nitrogens with one attached hydrogen (secondary N) is 3. The van der Waals surface area contributed by atoms with Crippen LogP contribution in [0.3, 0.4) is 0 Å². The van der Waals surface area contributed by atoms with Crippen LogP contribution in [0.5, 0.6) is 5.75 Å². The number of fused-ring (bicyclic) bond motifs is 1. The van der Waals surface area contributed by atoms with Crippen LogP contribution >= 0.6 is 11.6 Å². The fourth-order valence-corrected chi connectivity index (χ4v) is 3.88. The van der Waals surface area contributed by atoms with Crippen molar-refractivity contribution in [1.82, 2.24) is 10.2 Å². The summed E-state index contributed by atoms with van der Waals surface area (Å²) in [6.07, 6.45) is 0.475. The Labute approximate surface area is 201 Å². The van der Waals surface area contributed by atoms with Crippen molar-refractivity contribution in [3.05, 3.63) is 82.9 Å². The maximum Gasteiger partial charge on any atom is 0.256 e. The van der Waals surface area contributed by atoms with Crippen molar-refractivity contribution in [1.29, 1.82) is 0 Å². The monoisotopic (exact) mass is 477 g/mol. The fourth-order valence-electron chi connectivity index (χ4n) is 3.68. The van der Waals surface area contributed by atoms with Gasteiger partial charge in [0.2, 0.25) is 5.91 Å². The average molecular weight is 478 g/mol. The zero-order valence-electron chi connectivity index (χ0n) is 18.5. The molecule has 5 N–H and O–H groups in total. The maximum atomic E-state index is 13.1. The third-order valence-corrected chi connectivity index (χ3v) is 5.67. The molecule has 1 atom stereocenters. The van der Waals surface area contributed by atoms with Gasteiger partial charge in [-0.25, -0.2) is 0 Å². The summed E-state index contributed by atoms with van der Waals surface area (Å²) >= 11 is 6.11. The van der Waals surface area contributed by atoms with Crippen LogP contribution in [0.25, 0.3) is 10.9 Å². The molecule has 4 aromatic rings. The minimum atomic E-state index is -0.446. The second-order valence-electron chi connectivity index (χ2n) is 7.69. The molecule has 34 heavy (non-hydrogen) atoms. The number of anilines is 2. The van der Waals surface area contributed by atoms with E-state index in [-0.39, 0.29) is 11.8 Å². The van der Waals surface area contributed by atoms with Gasteiger partial charge in [-0.1, -0.05) is 23.7 Å². The highest BCUT2D eigenvalue weighted by molar-refractivity contribution is 6.30. The number of hydrogen-bond acceptors (Lipinski definition) is 5. The molecule has 4 rings (SSSR count). The Balaban J connectivity index is 1.54. The number of carbonyl (C=O) groups excluding carboxylic acids is 2. The zero-order valence-corrected chi connectivity index (χ0v) is 19.2. The number of aromatic amines is 1. The van der Waals surface area contributed by atoms with E-state index < -0.39 is 5.92 Å². The molecule has 8 nitrogen and oxygen atoms in total. The van der Waals surface area contributed by atoms with E-state index in [2.05, 4.69) is 20.8 Å². The van der Waals surface area contributed by atoms with Gasteiger partial charge in [0.05, 0.1) is 18.5 Å². The Kier molecular flexibility index (Phi) is 7.10. The molecule has 0 saturated carbocycles. The summed E-state index contributed by atoms with van der Waals surface area (Å²) in [6.45, 7) is 0.354. The third kappa shape index (κ3) is 5.19. The summed E-state index contributed by atoms with van der Waals surface area (Å²) in [5.74, 6) is 0.0694. The number of methoxy groups -OCH3 is 1. The summed E-state index contributed by atoms with van der Waals surface area (Å²) in [7, 11) is 1.56. The van der Waals surface area contributed by atoms with Crippen LogP contribution in [0.1, 0.15) is 28.3 Å². The molecule has 3 aromatic carbocycles. The number of halogens is 1. The van der Waals surface area contributed by atoms with Crippen LogP contribution in [-0.4, -0.2) is 35.7 Å². The number of ether oxygens (including phenoxy) is 1. The number of aromatic nitrogens is 2. The number of benzene rings is 3. The van der Waals surface area contributed by atoms with Crippen molar-refractivity contribution >= 4 is 45.8 Å². The van der Waals surface area contributed by atoms with Crippen LogP contribution in [0.2, 0.25) is 5.02 Å². The highest BCUT2D eigenvalue weighted by Gasteiger charge is 2.21. The van der Waals surface area contributed by atoms with E-state index in [1.54, 1.807) is 61.7 Å². The molecule has 0 radical (unpaired) electrons. The van der Waals surface area contributed by atoms with Crippen molar-refractivity contribution < 1.29 is 14.3 Å². The van der Waals surface area contributed by atoms with Crippen LogP contribution < -0.4 is 21.1 Å². The molecule has 0 aliphatic rings. The molecule has 1 heterocycles. The van der Waals surface area contributed by atoms with Gasteiger partial charge in [-0.2, -0.15) is 5.10 Å². The van der Waals surface area contributed by atoms with Crippen LogP contribution in [0.15, 0.2) is 66.7 Å². The van der Waals surface area contributed by atoms with Gasteiger partial charge in [0.15, 0.2) is 5.82 Å². The molecular weight excluding hydrogens is 454 g/mol. The number of nitrogens with zero attached hydrogens (tertiary/aromatic N) is 1. The van der Waals surface area contributed by atoms with E-state index >= 15 is 0 Å². The predicted molar refractivity (Wildman–Crippen MR) is 134 cm³/mol. The minimum absolute atomic E-state index is 0.195. The molecule has 174 valence electrons. The molecule has 1 aromatic heterocycles. The first-order valence-electron chi connectivity index (χ1n) is 10.7. The SMILES string of the molecule is COc1ccc(C(=O)Nc2n[nH]c3ccc(NC(=O)C(CCN)c4cccc(Cl)c4)cc23)cc1. The van der Waals surface area contributed by atoms with Gasteiger partial charge >= 0.3 is 0 Å². The van der Waals surface area contributed by atoms with Gasteiger partial charge in [-0.15, -0.1) is 0 Å². The second kappa shape index (κ2) is 10.4. The van der Waals surface area contributed by atoms with Gasteiger partial charge < -0.3 is 21.1 Å². The van der Waals surface area contributed by atoms with Crippen molar-refractivity contribution in [3.8, 4) is 5.75 Å². The Bertz CT molecular complexity index is 1320. The second-order valence-corrected chi connectivity index (χ2v) is 8.13. The van der Waals surface area contributed by atoms with Crippen LogP contribution in [0, 0.1) is 0 Å². The first-order chi connectivity index (χ1) is 16.5. The van der Waals surface area contributed by atoms with Gasteiger partial charge in [0.25, 0.3) is 5.91 Å². The third-order valence-electron chi connectivity index (χ3n) is 5.44. The summed E-state index contributed by atoms with van der Waals surface area (Å²) in [5.41, 5.74) is 8.31. The lowest BCUT2D eigenvalue weighted by molar-refractivity contribution is -0.117. The van der Waals surface area contributed by atoms with Crippen LogP contribution in [0.4, 0.5) is 11.5 Å². The summed E-state index contributed by atoms with van der Waals surface area (Å²) < 4.78 is 5.13. The fraction of sp³-hybridized carbons (Fsp3) is 0.160. The largest absolute Gasteiger partial charge is 0.497 e. The molecule has 0 aliphatic carbocycles. The van der Waals surface area contributed by atoms with E-state index in [9.17, 15) is 9.59 Å². The number of carbonyl (C=O) groups is 2. The van der Waals surface area contributed by atoms with Crippen molar-refractivity contribution in [3.63, 3.8) is 0 Å². The van der Waals surface area contributed by atoms with E-state index in [0.717, 1.165) is 11.1 Å². The van der Waals surface area contributed by atoms with Crippen molar-refractivity contribution in [2.45, 2.75) is 12.3 Å². The van der Waals surface area contributed by atoms with E-state index in [0.29, 0.717) is 46.2 Å². The van der Waals surface area contributed by atoms with Crippen LogP contribution in [-0.2, 0) is 4.79 Å². The molecule has 9 heteroatoms. The lowest BCUT2D eigenvalue weighted by Gasteiger charge is -2.17. The summed E-state index contributed by atoms with van der Waals surface area (Å²) in [5, 5.41) is 14.1. The molecule has 0 fully saturated rings. The predicted octanol–water partition coefficient (Wildman–Crippen LogP) is 4.55. The number of amides is 2. The normalized spacial score (nSPS) is 11.7. The molecule has 1 unspecified atom stereocenters. The Morgan fingerprint density at radius 2 is 1.88 bits per heavy atom. The van der Waals surface area contributed by atoms with E-state index in [1.165, 1.54) is 0 Å². The van der Waals surface area contributed by atoms with E-state index in [4.69, 9.17) is 22.1 Å². The van der Waals surface area contributed by atoms with Gasteiger partial charge in [0.1, 0.15) is 5.75 Å². The average Bonchev–Trinajstić information content (AvgIpc) is 3.24. The number of hydrogen-bond donors (Lipinski definition) is 4. The van der Waals surface area contributed by atoms with Gasteiger partial charge in [0, 0.05) is 21.7 Å². The molecule has 0 saturated heterocycles. The summed E-state index contributed by atoms with van der Waals surface area (Å²) in [4.78, 5) is 25.7. The molecule has 0 aliphatic heterocycles. The lowest BCUT2D eigenvalue weighted by Crippen LogP contribution is -2.23. The Morgan fingerprint density at radius 3 is 2.59 bits per heavy atom. The minimum Gasteiger partial charge on any atom is -0.497 e. The van der Waals surface area contributed by atoms with Gasteiger partial charge in [-0.05, 0) is 73.1 Å². The van der Waals surface area contributed by atoms with Crippen molar-refractivity contribution in [2.24, 2.45) is 5.73 Å². The lowest BCUT2D eigenvalue weighted by atomic mass is 9.94. The zero-order chi connectivity index (χ0) is 24.1. The number of H-pyrrole nitrogens is 1. The van der Waals surface area contributed by atoms with Crippen molar-refractivity contribution in [2.75, 3.05) is 24.3 Å². The topological polar surface area (TPSA) is 122 Å². The molecular formula is C25H24ClN5O3. The quantitative estimate of drug-likeness (QED) is 0.296. The Hall–Kier alpha value is -3.88. The molecule has 0 spiro atoms. The first-order valence-corrected chi connectivity index (χ1v) is 11.1. The molecule has 2 amide bonds. The maximum absolute atomic E-state index is 13.1. The molecule has 0 bridgehead atoms. The van der Waals surface area contributed by atoms with E-state index in [1.807, 2.05) is 12.1 Å². The number of rotatable bonds is 8. The summed E-state index contributed by atoms with van der Waals surface area (Å²) in [6, 6.07) is 19.3. The highest BCUT2D eigenvalue weighted by atomic mass is 35.5. The number of nitrogens with two attached hydrogens (primary N) is 1. The smallest absolute Gasteiger partial charge is 0.256 e. The standard InChI is InChI=1S/C25H24ClN5O3/c1-34-19-8-5-15(6-9-19)24(32)29-23-21-14-18(7-10-22(21)30-31-23)28-25(33)20(11-12-27)16-3-2-4-17(26)13-16/h2-10,13-14,20H,11-12,27H2,1H3,(H,28,33)(H2,29,30,31,32).